The van der Waals surface area contributed by atoms with E-state index in [0.717, 1.165) is 29.8 Å². The molecular weight excluding hydrogens is 394 g/mol. The predicted molar refractivity (Wildman–Crippen MR) is 119 cm³/mol. The lowest BCUT2D eigenvalue weighted by molar-refractivity contribution is 0.0148. The van der Waals surface area contributed by atoms with Crippen LogP contribution in [0.2, 0.25) is 0 Å². The number of aromatic nitrogens is 2. The smallest absolute Gasteiger partial charge is 0.266 e. The van der Waals surface area contributed by atoms with Crippen molar-refractivity contribution in [3.63, 3.8) is 0 Å². The molecule has 1 aromatic heterocycles. The first-order valence-corrected chi connectivity index (χ1v) is 10.2. The number of allylic oxidation sites excluding steroid dienone is 1. The zero-order chi connectivity index (χ0) is 22.0. The Morgan fingerprint density at radius 3 is 2.65 bits per heavy atom. The lowest BCUT2D eigenvalue weighted by atomic mass is 10.1. The number of imidazole rings is 1. The first-order valence-electron chi connectivity index (χ1n) is 10.2. The Balaban J connectivity index is 1.67. The van der Waals surface area contributed by atoms with Crippen LogP contribution in [-0.4, -0.2) is 51.6 Å². The third-order valence-corrected chi connectivity index (χ3v) is 5.20. The highest BCUT2D eigenvalue weighted by Crippen LogP contribution is 2.41. The van der Waals surface area contributed by atoms with Gasteiger partial charge in [0.25, 0.3) is 6.29 Å². The maximum Gasteiger partial charge on any atom is 0.266 e. The van der Waals surface area contributed by atoms with Crippen molar-refractivity contribution < 1.29 is 19.7 Å². The Bertz CT molecular complexity index is 1090. The SMILES string of the molecule is C/C=C/c1ccc2c(c1)OC(C(c1ccc(O)c(O)c1)n1cnc(CCN(C)C)c1)O2. The molecule has 2 aromatic carbocycles. The van der Waals surface area contributed by atoms with Crippen molar-refractivity contribution in [1.82, 2.24) is 14.5 Å². The monoisotopic (exact) mass is 421 g/mol. The molecule has 7 nitrogen and oxygen atoms in total. The molecule has 162 valence electrons. The molecule has 0 saturated carbocycles. The number of phenols is 2. The molecule has 0 saturated heterocycles. The van der Waals surface area contributed by atoms with E-state index in [2.05, 4.69) is 9.88 Å². The first kappa shape index (κ1) is 20.8. The van der Waals surface area contributed by atoms with Crippen molar-refractivity contribution in [1.29, 1.82) is 0 Å². The lowest BCUT2D eigenvalue weighted by Crippen LogP contribution is -2.31. The summed E-state index contributed by atoms with van der Waals surface area (Å²) in [5.74, 6) is 0.967. The zero-order valence-electron chi connectivity index (χ0n) is 17.9. The van der Waals surface area contributed by atoms with Crippen molar-refractivity contribution in [3.8, 4) is 23.0 Å². The molecule has 2 atom stereocenters. The van der Waals surface area contributed by atoms with Crippen LogP contribution in [-0.2, 0) is 6.42 Å². The summed E-state index contributed by atoms with van der Waals surface area (Å²) in [6, 6.07) is 10.1. The standard InChI is InChI=1S/C24H27N3O4/c1-4-5-16-6-9-21-22(12-16)31-24(30-21)23(17-7-8-19(28)20(29)13-17)27-14-18(25-15-27)10-11-26(2)3/h4-9,12-15,23-24,28-29H,10-11H2,1-3H3/b5-4+. The van der Waals surface area contributed by atoms with Gasteiger partial charge in [-0.15, -0.1) is 0 Å². The molecule has 0 aliphatic carbocycles. The van der Waals surface area contributed by atoms with Crippen LogP contribution < -0.4 is 9.47 Å². The highest BCUT2D eigenvalue weighted by Gasteiger charge is 2.35. The van der Waals surface area contributed by atoms with E-state index in [1.165, 1.54) is 12.1 Å². The number of phenolic OH excluding ortho intramolecular Hbond substituents is 2. The molecular formula is C24H27N3O4. The average Bonchev–Trinajstić information content (AvgIpc) is 3.36. The van der Waals surface area contributed by atoms with Crippen molar-refractivity contribution in [3.05, 3.63) is 71.8 Å². The number of fused-ring (bicyclic) bond motifs is 1. The minimum Gasteiger partial charge on any atom is -0.504 e. The summed E-state index contributed by atoms with van der Waals surface area (Å²) in [6.45, 7) is 2.85. The molecule has 0 fully saturated rings. The summed E-state index contributed by atoms with van der Waals surface area (Å²) >= 11 is 0. The fraction of sp³-hybridized carbons (Fsp3) is 0.292. The quantitative estimate of drug-likeness (QED) is 0.565. The number of likely N-dealkylation sites (N-methyl/N-ethyl adjacent to an activating group) is 1. The second kappa shape index (κ2) is 8.73. The fourth-order valence-corrected chi connectivity index (χ4v) is 3.61. The van der Waals surface area contributed by atoms with E-state index in [4.69, 9.17) is 9.47 Å². The van der Waals surface area contributed by atoms with Crippen molar-refractivity contribution in [2.24, 2.45) is 0 Å². The summed E-state index contributed by atoms with van der Waals surface area (Å²) in [7, 11) is 4.05. The van der Waals surface area contributed by atoms with Gasteiger partial charge in [0, 0.05) is 19.2 Å². The van der Waals surface area contributed by atoms with Crippen LogP contribution >= 0.6 is 0 Å². The summed E-state index contributed by atoms with van der Waals surface area (Å²) < 4.78 is 14.3. The van der Waals surface area contributed by atoms with Crippen molar-refractivity contribution >= 4 is 6.08 Å². The Kier molecular flexibility index (Phi) is 5.86. The van der Waals surface area contributed by atoms with Gasteiger partial charge in [-0.3, -0.25) is 0 Å². The summed E-state index contributed by atoms with van der Waals surface area (Å²) in [5.41, 5.74) is 2.71. The van der Waals surface area contributed by atoms with E-state index < -0.39 is 12.3 Å². The number of aromatic hydroxyl groups is 2. The van der Waals surface area contributed by atoms with Gasteiger partial charge in [-0.1, -0.05) is 24.3 Å². The van der Waals surface area contributed by atoms with E-state index in [1.54, 1.807) is 12.4 Å². The highest BCUT2D eigenvalue weighted by molar-refractivity contribution is 5.56. The van der Waals surface area contributed by atoms with Gasteiger partial charge in [0.15, 0.2) is 23.0 Å². The van der Waals surface area contributed by atoms with Crippen LogP contribution in [0, 0.1) is 0 Å². The molecule has 4 rings (SSSR count). The Morgan fingerprint density at radius 2 is 1.90 bits per heavy atom. The molecule has 7 heteroatoms. The average molecular weight is 421 g/mol. The number of nitrogens with zero attached hydrogens (tertiary/aromatic N) is 3. The second-order valence-electron chi connectivity index (χ2n) is 7.87. The Morgan fingerprint density at radius 1 is 1.10 bits per heavy atom. The molecule has 0 spiro atoms. The van der Waals surface area contributed by atoms with Crippen molar-refractivity contribution in [2.45, 2.75) is 25.7 Å². The molecule has 0 radical (unpaired) electrons. The van der Waals surface area contributed by atoms with E-state index in [9.17, 15) is 10.2 Å². The van der Waals surface area contributed by atoms with Gasteiger partial charge in [0.1, 0.15) is 6.04 Å². The maximum atomic E-state index is 10.1. The summed E-state index contributed by atoms with van der Waals surface area (Å²) in [6.07, 6.45) is 7.85. The Hall–Kier alpha value is -3.45. The fourth-order valence-electron chi connectivity index (χ4n) is 3.61. The lowest BCUT2D eigenvalue weighted by Gasteiger charge is -2.24. The molecule has 2 N–H and O–H groups in total. The third kappa shape index (κ3) is 4.51. The minimum absolute atomic E-state index is 0.174. The maximum absolute atomic E-state index is 10.1. The first-order chi connectivity index (χ1) is 14.9. The number of rotatable bonds is 7. The predicted octanol–water partition coefficient (Wildman–Crippen LogP) is 3.82. The van der Waals surface area contributed by atoms with Gasteiger partial charge in [-0.2, -0.15) is 0 Å². The minimum atomic E-state index is -0.657. The normalized spacial score (nSPS) is 16.3. The molecule has 0 amide bonds. The van der Waals surface area contributed by atoms with E-state index >= 15 is 0 Å². The van der Waals surface area contributed by atoms with Crippen molar-refractivity contribution in [2.75, 3.05) is 20.6 Å². The van der Waals surface area contributed by atoms with Gasteiger partial charge in [0.2, 0.25) is 0 Å². The molecule has 1 aliphatic rings. The molecule has 0 bridgehead atoms. The topological polar surface area (TPSA) is 80.0 Å². The van der Waals surface area contributed by atoms with Gasteiger partial charge in [-0.25, -0.2) is 4.98 Å². The molecule has 3 aromatic rings. The van der Waals surface area contributed by atoms with E-state index in [-0.39, 0.29) is 11.5 Å². The highest BCUT2D eigenvalue weighted by atomic mass is 16.7. The second-order valence-corrected chi connectivity index (χ2v) is 7.87. The molecule has 1 aliphatic heterocycles. The number of hydrogen-bond acceptors (Lipinski definition) is 6. The molecule has 31 heavy (non-hydrogen) atoms. The zero-order valence-corrected chi connectivity index (χ0v) is 17.9. The molecule has 2 heterocycles. The third-order valence-electron chi connectivity index (χ3n) is 5.20. The van der Waals surface area contributed by atoms with Crippen LogP contribution in [0.4, 0.5) is 0 Å². The van der Waals surface area contributed by atoms with Crippen LogP contribution in [0.25, 0.3) is 6.08 Å². The van der Waals surface area contributed by atoms with Gasteiger partial charge >= 0.3 is 0 Å². The number of benzene rings is 2. The Labute approximate surface area is 181 Å². The summed E-state index contributed by atoms with van der Waals surface area (Å²) in [4.78, 5) is 6.65. The van der Waals surface area contributed by atoms with Crippen LogP contribution in [0.5, 0.6) is 23.0 Å². The largest absolute Gasteiger partial charge is 0.504 e. The molecule has 2 unspecified atom stereocenters. The van der Waals surface area contributed by atoms with Gasteiger partial charge in [0.05, 0.1) is 12.0 Å². The van der Waals surface area contributed by atoms with Crippen LogP contribution in [0.15, 0.2) is 55.0 Å². The number of hydrogen-bond donors (Lipinski definition) is 2. The summed E-state index contributed by atoms with van der Waals surface area (Å²) in [5, 5.41) is 19.9. The number of ether oxygens (including phenoxy) is 2. The van der Waals surface area contributed by atoms with Gasteiger partial charge < -0.3 is 29.2 Å². The van der Waals surface area contributed by atoms with Gasteiger partial charge in [-0.05, 0) is 56.4 Å². The van der Waals surface area contributed by atoms with E-state index in [1.807, 2.05) is 62.1 Å². The van der Waals surface area contributed by atoms with Crippen LogP contribution in [0.3, 0.4) is 0 Å². The van der Waals surface area contributed by atoms with E-state index in [0.29, 0.717) is 11.5 Å². The van der Waals surface area contributed by atoms with Crippen LogP contribution in [0.1, 0.15) is 29.8 Å².